The van der Waals surface area contributed by atoms with Crippen molar-refractivity contribution < 1.29 is 4.79 Å². The minimum atomic E-state index is -0.176. The number of H-pyrrole nitrogens is 1. The number of pyridine rings is 2. The Morgan fingerprint density at radius 2 is 2.21 bits per heavy atom. The fraction of sp³-hybridized carbons (Fsp3) is 0.350. The molecule has 8 nitrogen and oxygen atoms in total. The summed E-state index contributed by atoms with van der Waals surface area (Å²) in [6, 6.07) is 5.70. The lowest BCUT2D eigenvalue weighted by atomic mass is 10.1. The Bertz CT molecular complexity index is 908. The van der Waals surface area contributed by atoms with Gasteiger partial charge in [0.2, 0.25) is 5.91 Å². The molecule has 8 heteroatoms. The van der Waals surface area contributed by atoms with E-state index >= 15 is 0 Å². The van der Waals surface area contributed by atoms with Crippen LogP contribution in [0.25, 0.3) is 11.1 Å². The number of nitrogens with one attached hydrogen (secondary N) is 4. The highest BCUT2D eigenvalue weighted by Gasteiger charge is 2.25. The number of amides is 1. The molecule has 0 saturated carbocycles. The van der Waals surface area contributed by atoms with Crippen molar-refractivity contribution in [3.05, 3.63) is 53.1 Å². The molecular weight excluding hydrogens is 356 g/mol. The monoisotopic (exact) mass is 382 g/mol. The van der Waals surface area contributed by atoms with E-state index in [1.807, 2.05) is 38.4 Å². The molecule has 1 amide bonds. The van der Waals surface area contributed by atoms with Crippen molar-refractivity contribution in [2.75, 3.05) is 44.4 Å². The van der Waals surface area contributed by atoms with Gasteiger partial charge in [0.1, 0.15) is 11.5 Å². The first-order chi connectivity index (χ1) is 13.6. The largest absolute Gasteiger partial charge is 0.376 e. The highest BCUT2D eigenvalue weighted by molar-refractivity contribution is 5.87. The fourth-order valence-electron chi connectivity index (χ4n) is 3.19. The number of nitrogens with zero attached hydrogens (tertiary/aromatic N) is 2. The number of carbonyl (C=O) groups is 1. The summed E-state index contributed by atoms with van der Waals surface area (Å²) in [5.74, 6) is 0.757. The maximum atomic E-state index is 12.3. The Kier molecular flexibility index (Phi) is 6.44. The van der Waals surface area contributed by atoms with Crippen LogP contribution in [0.15, 0.2) is 47.5 Å². The molecule has 1 atom stereocenters. The number of rotatable bonds is 7. The van der Waals surface area contributed by atoms with E-state index in [1.165, 1.54) is 0 Å². The number of anilines is 2. The molecule has 2 aromatic rings. The molecule has 0 bridgehead atoms. The highest BCUT2D eigenvalue weighted by Crippen LogP contribution is 2.22. The Balaban J connectivity index is 1.69. The number of aromatic nitrogens is 2. The first kappa shape index (κ1) is 19.6. The van der Waals surface area contributed by atoms with Gasteiger partial charge in [-0.1, -0.05) is 6.08 Å². The summed E-state index contributed by atoms with van der Waals surface area (Å²) in [6.07, 6.45) is 7.62. The minimum Gasteiger partial charge on any atom is -0.376 e. The summed E-state index contributed by atoms with van der Waals surface area (Å²) in [5, 5.41) is 9.28. The van der Waals surface area contributed by atoms with Crippen LogP contribution in [0.2, 0.25) is 0 Å². The Hall–Kier alpha value is -3.13. The Morgan fingerprint density at radius 1 is 1.36 bits per heavy atom. The second-order valence-corrected chi connectivity index (χ2v) is 6.69. The average molecular weight is 382 g/mol. The van der Waals surface area contributed by atoms with Crippen LogP contribution in [0, 0.1) is 0 Å². The van der Waals surface area contributed by atoms with Crippen molar-refractivity contribution in [3.8, 4) is 11.1 Å². The third-order valence-corrected chi connectivity index (χ3v) is 4.69. The number of likely N-dealkylation sites (tertiary alicyclic amines) is 1. The van der Waals surface area contributed by atoms with E-state index < -0.39 is 0 Å². The van der Waals surface area contributed by atoms with E-state index in [0.717, 1.165) is 23.4 Å². The molecular formula is C20H26N6O2. The van der Waals surface area contributed by atoms with Crippen molar-refractivity contribution >= 4 is 17.4 Å². The molecule has 0 unspecified atom stereocenters. The molecule has 0 spiro atoms. The number of hydrogen-bond donors (Lipinski definition) is 4. The van der Waals surface area contributed by atoms with Crippen molar-refractivity contribution in [1.29, 1.82) is 0 Å². The van der Waals surface area contributed by atoms with Gasteiger partial charge in [-0.25, -0.2) is 4.98 Å². The zero-order valence-electron chi connectivity index (χ0n) is 16.2. The molecule has 0 radical (unpaired) electrons. The van der Waals surface area contributed by atoms with Gasteiger partial charge in [-0.2, -0.15) is 0 Å². The van der Waals surface area contributed by atoms with E-state index in [2.05, 4.69) is 25.9 Å². The number of likely N-dealkylation sites (N-methyl/N-ethyl adjacent to an activating group) is 1. The van der Waals surface area contributed by atoms with Gasteiger partial charge in [0.05, 0.1) is 0 Å². The lowest BCUT2D eigenvalue weighted by Crippen LogP contribution is -2.31. The zero-order valence-corrected chi connectivity index (χ0v) is 16.2. The van der Waals surface area contributed by atoms with Crippen LogP contribution in [0.3, 0.4) is 0 Å². The molecule has 2 aromatic heterocycles. The zero-order chi connectivity index (χ0) is 19.9. The van der Waals surface area contributed by atoms with Crippen molar-refractivity contribution in [3.63, 3.8) is 0 Å². The molecule has 3 rings (SSSR count). The first-order valence-corrected chi connectivity index (χ1v) is 9.34. The van der Waals surface area contributed by atoms with Crippen LogP contribution in [0.4, 0.5) is 11.5 Å². The topological polar surface area (TPSA) is 102 Å². The first-order valence-electron chi connectivity index (χ1n) is 9.34. The van der Waals surface area contributed by atoms with Crippen LogP contribution in [0.5, 0.6) is 0 Å². The Labute approximate surface area is 164 Å². The highest BCUT2D eigenvalue weighted by atomic mass is 16.2. The average Bonchev–Trinajstić information content (AvgIpc) is 3.18. The summed E-state index contributed by atoms with van der Waals surface area (Å²) >= 11 is 0. The van der Waals surface area contributed by atoms with Gasteiger partial charge in [0, 0.05) is 56.8 Å². The van der Waals surface area contributed by atoms with E-state index in [-0.39, 0.29) is 17.5 Å². The van der Waals surface area contributed by atoms with Crippen LogP contribution in [0.1, 0.15) is 6.42 Å². The summed E-state index contributed by atoms with van der Waals surface area (Å²) in [4.78, 5) is 33.2. The van der Waals surface area contributed by atoms with E-state index in [4.69, 9.17) is 0 Å². The van der Waals surface area contributed by atoms with Crippen LogP contribution >= 0.6 is 0 Å². The quantitative estimate of drug-likeness (QED) is 0.538. The molecule has 148 valence electrons. The normalized spacial score (nSPS) is 16.5. The van der Waals surface area contributed by atoms with Gasteiger partial charge in [0.15, 0.2) is 0 Å². The lowest BCUT2D eigenvalue weighted by Gasteiger charge is -2.16. The fourth-order valence-corrected chi connectivity index (χ4v) is 3.19. The second kappa shape index (κ2) is 9.18. The SMILES string of the molecule is CNC/C=C/C(=O)N1CC[C@@H](Nc2cc(-c3ccnc(NC)c3)c[nH]c2=O)C1. The summed E-state index contributed by atoms with van der Waals surface area (Å²) in [5.41, 5.74) is 2.18. The lowest BCUT2D eigenvalue weighted by molar-refractivity contribution is -0.125. The molecule has 0 aromatic carbocycles. The molecule has 28 heavy (non-hydrogen) atoms. The van der Waals surface area contributed by atoms with Gasteiger partial charge in [0.25, 0.3) is 5.56 Å². The molecule has 1 aliphatic heterocycles. The van der Waals surface area contributed by atoms with Gasteiger partial charge in [-0.15, -0.1) is 0 Å². The van der Waals surface area contributed by atoms with Crippen molar-refractivity contribution in [2.45, 2.75) is 12.5 Å². The van der Waals surface area contributed by atoms with Crippen LogP contribution in [-0.2, 0) is 4.79 Å². The maximum Gasteiger partial charge on any atom is 0.271 e. The molecule has 0 aliphatic carbocycles. The smallest absolute Gasteiger partial charge is 0.271 e. The third kappa shape index (κ3) is 4.77. The summed E-state index contributed by atoms with van der Waals surface area (Å²) in [6.45, 7) is 1.91. The van der Waals surface area contributed by atoms with E-state index in [0.29, 0.717) is 25.3 Å². The van der Waals surface area contributed by atoms with Gasteiger partial charge in [-0.05, 0) is 37.2 Å². The Morgan fingerprint density at radius 3 is 3.00 bits per heavy atom. The van der Waals surface area contributed by atoms with Crippen molar-refractivity contribution in [1.82, 2.24) is 20.2 Å². The summed E-state index contributed by atoms with van der Waals surface area (Å²) < 4.78 is 0. The standard InChI is InChI=1S/C20H26N6O2/c1-21-7-3-4-19(27)26-9-6-16(13-26)25-17-10-15(12-24-20(17)28)14-5-8-23-18(11-14)22-2/h3-5,8,10-12,16,21,25H,6-7,9,13H2,1-2H3,(H,22,23)(H,24,28)/b4-3+/t16-/m1/s1. The van der Waals surface area contributed by atoms with E-state index in [1.54, 1.807) is 23.4 Å². The minimum absolute atomic E-state index is 0.00130. The number of aromatic amines is 1. The van der Waals surface area contributed by atoms with Crippen LogP contribution in [-0.4, -0.2) is 60.5 Å². The predicted molar refractivity (Wildman–Crippen MR) is 112 cm³/mol. The van der Waals surface area contributed by atoms with Crippen LogP contribution < -0.4 is 21.5 Å². The van der Waals surface area contributed by atoms with E-state index in [9.17, 15) is 9.59 Å². The number of hydrogen-bond acceptors (Lipinski definition) is 6. The van der Waals surface area contributed by atoms with Gasteiger partial charge >= 0.3 is 0 Å². The third-order valence-electron chi connectivity index (χ3n) is 4.69. The predicted octanol–water partition coefficient (Wildman–Crippen LogP) is 1.27. The van der Waals surface area contributed by atoms with Gasteiger partial charge < -0.3 is 25.8 Å². The maximum absolute atomic E-state index is 12.3. The van der Waals surface area contributed by atoms with Gasteiger partial charge in [-0.3, -0.25) is 9.59 Å². The molecule has 4 N–H and O–H groups in total. The summed E-state index contributed by atoms with van der Waals surface area (Å²) in [7, 11) is 3.65. The van der Waals surface area contributed by atoms with Crippen molar-refractivity contribution in [2.24, 2.45) is 0 Å². The second-order valence-electron chi connectivity index (χ2n) is 6.69. The number of carbonyl (C=O) groups excluding carboxylic acids is 1. The molecule has 1 aliphatic rings. The molecule has 3 heterocycles. The molecule has 1 saturated heterocycles. The molecule has 1 fully saturated rings.